The van der Waals surface area contributed by atoms with Crippen LogP contribution in [0.3, 0.4) is 0 Å². The molecule has 0 spiro atoms. The lowest BCUT2D eigenvalue weighted by Gasteiger charge is -2.28. The molecule has 0 saturated carbocycles. The van der Waals surface area contributed by atoms with E-state index < -0.39 is 29.9 Å². The van der Waals surface area contributed by atoms with Gasteiger partial charge in [0, 0.05) is 7.05 Å². The standard InChI is InChI=1S/C8H10F3N3O4/c1-3-18-6(17)13-7(8(9,10)11)4(15)14(2)5(16)12-7/h3H2,1-2H3,(H,12,16)(H,13,17)/t7-/m0/s1. The summed E-state index contributed by atoms with van der Waals surface area (Å²) in [6.07, 6.45) is -6.66. The third-order valence-corrected chi connectivity index (χ3v) is 2.21. The van der Waals surface area contributed by atoms with E-state index in [0.717, 1.165) is 7.05 Å². The molecule has 0 unspecified atom stereocenters. The van der Waals surface area contributed by atoms with Gasteiger partial charge in [0.15, 0.2) is 0 Å². The second-order valence-electron chi connectivity index (χ2n) is 3.39. The summed E-state index contributed by atoms with van der Waals surface area (Å²) >= 11 is 0. The van der Waals surface area contributed by atoms with Gasteiger partial charge >= 0.3 is 18.3 Å². The van der Waals surface area contributed by atoms with Gasteiger partial charge in [0.1, 0.15) is 0 Å². The number of imide groups is 1. The number of urea groups is 1. The normalized spacial score (nSPS) is 23.9. The van der Waals surface area contributed by atoms with Gasteiger partial charge < -0.3 is 4.74 Å². The molecule has 1 aliphatic rings. The Balaban J connectivity index is 3.10. The molecule has 1 aliphatic heterocycles. The third-order valence-electron chi connectivity index (χ3n) is 2.21. The zero-order valence-corrected chi connectivity index (χ0v) is 9.42. The van der Waals surface area contributed by atoms with Gasteiger partial charge in [-0.15, -0.1) is 0 Å². The van der Waals surface area contributed by atoms with E-state index >= 15 is 0 Å². The smallest absolute Gasteiger partial charge is 0.440 e. The Morgan fingerprint density at radius 3 is 2.39 bits per heavy atom. The van der Waals surface area contributed by atoms with Crippen LogP contribution in [-0.4, -0.2) is 48.4 Å². The van der Waals surface area contributed by atoms with E-state index in [1.54, 1.807) is 0 Å². The van der Waals surface area contributed by atoms with Crippen molar-refractivity contribution < 1.29 is 32.3 Å². The molecule has 1 fully saturated rings. The lowest BCUT2D eigenvalue weighted by molar-refractivity contribution is -0.200. The molecule has 0 bridgehead atoms. The molecule has 10 heteroatoms. The second-order valence-corrected chi connectivity index (χ2v) is 3.39. The average Bonchev–Trinajstić information content (AvgIpc) is 2.43. The van der Waals surface area contributed by atoms with E-state index in [-0.39, 0.29) is 11.5 Å². The van der Waals surface area contributed by atoms with Gasteiger partial charge in [0.2, 0.25) is 0 Å². The topological polar surface area (TPSA) is 87.7 Å². The molecule has 0 aliphatic carbocycles. The fraction of sp³-hybridized carbons (Fsp3) is 0.625. The molecule has 7 nitrogen and oxygen atoms in total. The number of nitrogens with zero attached hydrogens (tertiary/aromatic N) is 1. The lowest BCUT2D eigenvalue weighted by Crippen LogP contribution is -2.69. The van der Waals surface area contributed by atoms with Crippen molar-refractivity contribution in [1.29, 1.82) is 0 Å². The molecular weight excluding hydrogens is 259 g/mol. The number of alkyl halides is 3. The molecule has 0 aromatic carbocycles. The van der Waals surface area contributed by atoms with Crippen LogP contribution in [0.25, 0.3) is 0 Å². The van der Waals surface area contributed by atoms with Crippen molar-refractivity contribution in [2.45, 2.75) is 18.8 Å². The monoisotopic (exact) mass is 269 g/mol. The molecule has 0 aromatic heterocycles. The van der Waals surface area contributed by atoms with Gasteiger partial charge in [0.25, 0.3) is 11.6 Å². The molecule has 0 radical (unpaired) electrons. The van der Waals surface area contributed by atoms with E-state index in [2.05, 4.69) is 4.74 Å². The fourth-order valence-corrected chi connectivity index (χ4v) is 1.31. The van der Waals surface area contributed by atoms with Crippen molar-refractivity contribution >= 4 is 18.0 Å². The summed E-state index contributed by atoms with van der Waals surface area (Å²) in [5.41, 5.74) is -3.48. The summed E-state index contributed by atoms with van der Waals surface area (Å²) in [5, 5.41) is 2.73. The van der Waals surface area contributed by atoms with Crippen molar-refractivity contribution in [3.8, 4) is 0 Å². The molecule has 0 aromatic rings. The van der Waals surface area contributed by atoms with Gasteiger partial charge in [-0.25, -0.2) is 9.59 Å². The predicted octanol–water partition coefficient (Wildman–Crippen LogP) is 0.173. The number of amides is 4. The van der Waals surface area contributed by atoms with Crippen LogP contribution in [0.5, 0.6) is 0 Å². The zero-order chi connectivity index (χ0) is 14.1. The second kappa shape index (κ2) is 4.35. The Morgan fingerprint density at radius 1 is 1.50 bits per heavy atom. The summed E-state index contributed by atoms with van der Waals surface area (Å²) in [7, 11) is 0.859. The minimum atomic E-state index is -5.20. The summed E-state index contributed by atoms with van der Waals surface area (Å²) in [6.45, 7) is 1.19. The highest BCUT2D eigenvalue weighted by molar-refractivity contribution is 6.08. The zero-order valence-electron chi connectivity index (χ0n) is 9.42. The molecule has 18 heavy (non-hydrogen) atoms. The minimum Gasteiger partial charge on any atom is -0.450 e. The fourth-order valence-electron chi connectivity index (χ4n) is 1.31. The summed E-state index contributed by atoms with van der Waals surface area (Å²) in [4.78, 5) is 33.8. The molecule has 1 heterocycles. The largest absolute Gasteiger partial charge is 0.450 e. The van der Waals surface area contributed by atoms with Gasteiger partial charge in [-0.3, -0.25) is 20.3 Å². The molecular formula is C8H10F3N3O4. The van der Waals surface area contributed by atoms with Crippen LogP contribution in [0, 0.1) is 0 Å². The quantitative estimate of drug-likeness (QED) is 0.700. The SMILES string of the molecule is CCOC(=O)N[C@@]1(C(F)(F)F)NC(=O)N(C)C1=O. The van der Waals surface area contributed by atoms with E-state index in [4.69, 9.17) is 0 Å². The van der Waals surface area contributed by atoms with Crippen LogP contribution in [0.1, 0.15) is 6.92 Å². The van der Waals surface area contributed by atoms with Crippen molar-refractivity contribution in [2.24, 2.45) is 0 Å². The van der Waals surface area contributed by atoms with Crippen LogP contribution in [0.2, 0.25) is 0 Å². The molecule has 4 amide bonds. The first-order chi connectivity index (χ1) is 8.15. The molecule has 2 N–H and O–H groups in total. The first-order valence-electron chi connectivity index (χ1n) is 4.77. The van der Waals surface area contributed by atoms with Crippen LogP contribution < -0.4 is 10.6 Å². The van der Waals surface area contributed by atoms with Crippen molar-refractivity contribution in [3.63, 3.8) is 0 Å². The number of alkyl carbamates (subject to hydrolysis) is 1. The van der Waals surface area contributed by atoms with Gasteiger partial charge in [-0.2, -0.15) is 13.2 Å². The maximum absolute atomic E-state index is 12.9. The lowest BCUT2D eigenvalue weighted by atomic mass is 10.1. The van der Waals surface area contributed by atoms with Crippen LogP contribution in [0.15, 0.2) is 0 Å². The summed E-state index contributed by atoms with van der Waals surface area (Å²) in [5.74, 6) is -1.63. The highest BCUT2D eigenvalue weighted by atomic mass is 19.4. The molecule has 1 atom stereocenters. The Labute approximate surface area is 99.2 Å². The number of nitrogens with one attached hydrogen (secondary N) is 2. The van der Waals surface area contributed by atoms with Crippen LogP contribution >= 0.6 is 0 Å². The number of hydrogen-bond acceptors (Lipinski definition) is 4. The summed E-state index contributed by atoms with van der Waals surface area (Å²) < 4.78 is 42.9. The van der Waals surface area contributed by atoms with Gasteiger partial charge in [-0.05, 0) is 6.92 Å². The average molecular weight is 269 g/mol. The molecule has 1 rings (SSSR count). The van der Waals surface area contributed by atoms with Crippen molar-refractivity contribution in [3.05, 3.63) is 0 Å². The Hall–Kier alpha value is -2.00. The number of hydrogen-bond donors (Lipinski definition) is 2. The number of rotatable bonds is 2. The number of ether oxygens (including phenoxy) is 1. The van der Waals surface area contributed by atoms with Gasteiger partial charge in [0.05, 0.1) is 6.61 Å². The number of halogens is 3. The summed E-state index contributed by atoms with van der Waals surface area (Å²) in [6, 6.07) is -1.27. The van der Waals surface area contributed by atoms with E-state index in [1.807, 2.05) is 0 Å². The van der Waals surface area contributed by atoms with E-state index in [0.29, 0.717) is 0 Å². The maximum Gasteiger partial charge on any atom is 0.440 e. The Bertz CT molecular complexity index is 398. The van der Waals surface area contributed by atoms with Crippen LogP contribution in [-0.2, 0) is 9.53 Å². The molecule has 1 saturated heterocycles. The third kappa shape index (κ3) is 2.05. The highest BCUT2D eigenvalue weighted by Gasteiger charge is 2.68. The van der Waals surface area contributed by atoms with Crippen molar-refractivity contribution in [1.82, 2.24) is 15.5 Å². The minimum absolute atomic E-state index is 0.183. The highest BCUT2D eigenvalue weighted by Crippen LogP contribution is 2.33. The van der Waals surface area contributed by atoms with E-state index in [1.165, 1.54) is 17.6 Å². The van der Waals surface area contributed by atoms with E-state index in [9.17, 15) is 27.6 Å². The first-order valence-corrected chi connectivity index (χ1v) is 4.77. The number of carbonyl (C=O) groups is 3. The number of carbonyl (C=O) groups excluding carboxylic acids is 3. The molecule has 102 valence electrons. The Kier molecular flexibility index (Phi) is 3.40. The predicted molar refractivity (Wildman–Crippen MR) is 50.2 cm³/mol. The maximum atomic E-state index is 12.9. The van der Waals surface area contributed by atoms with Crippen molar-refractivity contribution in [2.75, 3.05) is 13.7 Å². The number of likely N-dealkylation sites (N-methyl/N-ethyl adjacent to an activating group) is 1. The van der Waals surface area contributed by atoms with Gasteiger partial charge in [-0.1, -0.05) is 0 Å². The first kappa shape index (κ1) is 14.1. The Morgan fingerprint density at radius 2 is 2.06 bits per heavy atom. The van der Waals surface area contributed by atoms with Crippen LogP contribution in [0.4, 0.5) is 22.8 Å².